The van der Waals surface area contributed by atoms with Crippen LogP contribution in [0, 0.1) is 0 Å². The molecule has 98 valence electrons. The second-order valence-electron chi connectivity index (χ2n) is 2.78. The zero-order valence-corrected chi connectivity index (χ0v) is 11.6. The maximum atomic E-state index is 10.7. The maximum absolute atomic E-state index is 10.7. The average molecular weight is 283 g/mol. The van der Waals surface area contributed by atoms with Crippen LogP contribution in [0.5, 0.6) is 0 Å². The molecule has 0 saturated heterocycles. The standard InChI is InChI=1S/C6H12O9S.Na.H/c7-1-2(8)3(9)4(10)5(11)6(12)15-16(13)14;;/h2-5,7-11H,1H2,(H,13,14);;/q;+1;-1/p-1/t2-,3-,4+,5-;;/m1../s1. The quantitative estimate of drug-likeness (QED) is 0.235. The van der Waals surface area contributed by atoms with Gasteiger partial charge in [0.05, 0.1) is 6.61 Å². The van der Waals surface area contributed by atoms with E-state index in [0.29, 0.717) is 0 Å². The van der Waals surface area contributed by atoms with E-state index in [1.165, 1.54) is 0 Å². The van der Waals surface area contributed by atoms with Gasteiger partial charge in [-0.05, 0) is 0 Å². The molecule has 0 aliphatic heterocycles. The van der Waals surface area contributed by atoms with E-state index in [0.717, 1.165) is 0 Å². The summed E-state index contributed by atoms with van der Waals surface area (Å²) in [5.74, 6) is -1.72. The van der Waals surface area contributed by atoms with Crippen molar-refractivity contribution in [1.29, 1.82) is 0 Å². The number of carbonyl (C=O) groups excluding carboxylic acids is 1. The summed E-state index contributed by atoms with van der Waals surface area (Å²) in [6, 6.07) is 0. The molecule has 9 nitrogen and oxygen atoms in total. The predicted octanol–water partition coefficient (Wildman–Crippen LogP) is -7.12. The van der Waals surface area contributed by atoms with Gasteiger partial charge in [0.15, 0.2) is 6.10 Å². The number of rotatable bonds is 6. The minimum absolute atomic E-state index is 0. The monoisotopic (exact) mass is 283 g/mol. The Morgan fingerprint density at radius 1 is 1.29 bits per heavy atom. The molecule has 1 unspecified atom stereocenters. The molecule has 0 rings (SSSR count). The van der Waals surface area contributed by atoms with E-state index in [1.54, 1.807) is 0 Å². The molecule has 0 radical (unpaired) electrons. The molecule has 0 aromatic heterocycles. The van der Waals surface area contributed by atoms with Crippen LogP contribution in [0.1, 0.15) is 1.43 Å². The summed E-state index contributed by atoms with van der Waals surface area (Å²) in [6.07, 6.45) is -8.39. The van der Waals surface area contributed by atoms with Crippen molar-refractivity contribution >= 4 is 17.3 Å². The molecule has 0 amide bonds. The minimum atomic E-state index is -3.22. The fourth-order valence-electron chi connectivity index (χ4n) is 0.778. The van der Waals surface area contributed by atoms with E-state index in [-0.39, 0.29) is 31.0 Å². The van der Waals surface area contributed by atoms with Gasteiger partial charge in [0, 0.05) is 0 Å². The van der Waals surface area contributed by atoms with E-state index in [2.05, 4.69) is 4.18 Å². The molecule has 0 saturated carbocycles. The third-order valence-electron chi connectivity index (χ3n) is 1.65. The van der Waals surface area contributed by atoms with Crippen LogP contribution in [-0.4, -0.2) is 71.3 Å². The van der Waals surface area contributed by atoms with Gasteiger partial charge in [-0.2, -0.15) is 0 Å². The Kier molecular flexibility index (Phi) is 10.8. The third-order valence-corrected chi connectivity index (χ3v) is 1.95. The molecule has 0 bridgehead atoms. The second kappa shape index (κ2) is 9.33. The average Bonchev–Trinajstić information content (AvgIpc) is 2.23. The molecule has 0 aromatic carbocycles. The fraction of sp³-hybridized carbons (Fsp3) is 0.833. The second-order valence-corrected chi connectivity index (χ2v) is 3.36. The number of aliphatic hydroxyl groups is 5. The summed E-state index contributed by atoms with van der Waals surface area (Å²) < 4.78 is 23.3. The zero-order chi connectivity index (χ0) is 12.9. The summed E-state index contributed by atoms with van der Waals surface area (Å²) in [5.41, 5.74) is 0. The van der Waals surface area contributed by atoms with Gasteiger partial charge in [-0.3, -0.25) is 0 Å². The van der Waals surface area contributed by atoms with Crippen molar-refractivity contribution < 1.29 is 74.3 Å². The topological polar surface area (TPSA) is 168 Å². The van der Waals surface area contributed by atoms with Gasteiger partial charge < -0.3 is 35.7 Å². The summed E-state index contributed by atoms with van der Waals surface area (Å²) in [4.78, 5) is 10.7. The van der Waals surface area contributed by atoms with Crippen molar-refractivity contribution in [2.24, 2.45) is 0 Å². The molecule has 0 aliphatic rings. The molecule has 5 atom stereocenters. The van der Waals surface area contributed by atoms with Crippen molar-refractivity contribution in [1.82, 2.24) is 0 Å². The minimum Gasteiger partial charge on any atom is -1.00 e. The smallest absolute Gasteiger partial charge is 1.00 e. The summed E-state index contributed by atoms with van der Waals surface area (Å²) in [5, 5.41) is 44.4. The summed E-state index contributed by atoms with van der Waals surface area (Å²) >= 11 is -3.22. The molecule has 0 aromatic rings. The van der Waals surface area contributed by atoms with Crippen LogP contribution >= 0.6 is 0 Å². The first-order chi connectivity index (χ1) is 7.31. The van der Waals surface area contributed by atoms with Crippen molar-refractivity contribution in [3.05, 3.63) is 0 Å². The third kappa shape index (κ3) is 6.76. The van der Waals surface area contributed by atoms with Crippen molar-refractivity contribution in [2.45, 2.75) is 24.4 Å². The SMILES string of the molecule is O=C(OS(=O)[O-])[C@H](O)[C@@H](O)[C@H](O)[C@H](O)CO.[H-].[Na+]. The number of hydrogen-bond acceptors (Lipinski definition) is 9. The van der Waals surface area contributed by atoms with Gasteiger partial charge >= 0.3 is 35.5 Å². The summed E-state index contributed by atoms with van der Waals surface area (Å²) in [7, 11) is 0. The molecule has 5 N–H and O–H groups in total. The van der Waals surface area contributed by atoms with Crippen LogP contribution in [0.3, 0.4) is 0 Å². The Hall–Kier alpha value is 0.380. The maximum Gasteiger partial charge on any atom is 1.00 e. The van der Waals surface area contributed by atoms with E-state index in [9.17, 15) is 13.6 Å². The predicted molar refractivity (Wildman–Crippen MR) is 47.2 cm³/mol. The Labute approximate surface area is 122 Å². The number of aliphatic hydroxyl groups excluding tert-OH is 5. The van der Waals surface area contributed by atoms with Gasteiger partial charge in [-0.25, -0.2) is 9.00 Å². The van der Waals surface area contributed by atoms with Crippen molar-refractivity contribution in [2.75, 3.05) is 6.61 Å². The first kappa shape index (κ1) is 19.7. The Morgan fingerprint density at radius 2 is 1.76 bits per heavy atom. The molecule has 11 heteroatoms. The fourth-order valence-corrected chi connectivity index (χ4v) is 1.01. The molecule has 0 fully saturated rings. The van der Waals surface area contributed by atoms with E-state index in [4.69, 9.17) is 25.5 Å². The van der Waals surface area contributed by atoms with Crippen molar-refractivity contribution in [3.8, 4) is 0 Å². The van der Waals surface area contributed by atoms with Crippen LogP contribution < -0.4 is 29.6 Å². The normalized spacial score (nSPS) is 19.4. The van der Waals surface area contributed by atoms with Gasteiger partial charge in [-0.1, -0.05) is 0 Å². The first-order valence-corrected chi connectivity index (χ1v) is 4.95. The first-order valence-electron chi connectivity index (χ1n) is 3.95. The van der Waals surface area contributed by atoms with E-state index >= 15 is 0 Å². The number of carbonyl (C=O) groups is 1. The Bertz CT molecular complexity index is 267. The van der Waals surface area contributed by atoms with Crippen LogP contribution in [0.15, 0.2) is 0 Å². The molecular formula is C6H12NaO9S-. The van der Waals surface area contributed by atoms with Crippen LogP contribution in [0.2, 0.25) is 0 Å². The zero-order valence-electron chi connectivity index (χ0n) is 9.79. The van der Waals surface area contributed by atoms with Crippen LogP contribution in [0.4, 0.5) is 0 Å². The molecule has 0 aliphatic carbocycles. The van der Waals surface area contributed by atoms with Gasteiger partial charge in [0.25, 0.3) is 0 Å². The number of hydrogen-bond donors (Lipinski definition) is 5. The largest absolute Gasteiger partial charge is 1.00 e. The van der Waals surface area contributed by atoms with E-state index < -0.39 is 48.4 Å². The van der Waals surface area contributed by atoms with Gasteiger partial charge in [-0.15, -0.1) is 0 Å². The molecule has 0 heterocycles. The van der Waals surface area contributed by atoms with Crippen LogP contribution in [0.25, 0.3) is 0 Å². The molecule has 0 spiro atoms. The van der Waals surface area contributed by atoms with Crippen molar-refractivity contribution in [3.63, 3.8) is 0 Å². The van der Waals surface area contributed by atoms with E-state index in [1.807, 2.05) is 0 Å². The molecular weight excluding hydrogens is 271 g/mol. The Balaban J connectivity index is -0.00000112. The van der Waals surface area contributed by atoms with Crippen LogP contribution in [-0.2, 0) is 20.3 Å². The summed E-state index contributed by atoms with van der Waals surface area (Å²) in [6.45, 7) is -0.923. The van der Waals surface area contributed by atoms with Gasteiger partial charge in [0.2, 0.25) is 0 Å². The Morgan fingerprint density at radius 3 is 2.12 bits per heavy atom. The molecule has 17 heavy (non-hydrogen) atoms. The van der Waals surface area contributed by atoms with Gasteiger partial charge in [0.1, 0.15) is 29.7 Å².